The van der Waals surface area contributed by atoms with Crippen LogP contribution in [0.5, 0.6) is 0 Å². The van der Waals surface area contributed by atoms with Gasteiger partial charge in [0.05, 0.1) is 13.2 Å². The summed E-state index contributed by atoms with van der Waals surface area (Å²) in [7, 11) is 0. The van der Waals surface area contributed by atoms with Crippen molar-refractivity contribution in [3.05, 3.63) is 23.6 Å². The first-order valence-corrected chi connectivity index (χ1v) is 4.67. The van der Waals surface area contributed by atoms with E-state index in [9.17, 15) is 4.39 Å². The lowest BCUT2D eigenvalue weighted by Gasteiger charge is -2.20. The third-order valence-corrected chi connectivity index (χ3v) is 2.08. The molecule has 3 nitrogen and oxygen atoms in total. The van der Waals surface area contributed by atoms with Crippen molar-refractivity contribution in [3.63, 3.8) is 0 Å². The summed E-state index contributed by atoms with van der Waals surface area (Å²) in [6.45, 7) is 2.40. The van der Waals surface area contributed by atoms with Crippen molar-refractivity contribution in [1.82, 2.24) is 4.98 Å². The zero-order valence-electron chi connectivity index (χ0n) is 8.57. The molecule has 0 aliphatic heterocycles. The van der Waals surface area contributed by atoms with Crippen LogP contribution >= 0.6 is 0 Å². The molecule has 80 valence electrons. The average molecular weight is 208 g/mol. The molecule has 15 heavy (non-hydrogen) atoms. The molecule has 0 atom stereocenters. The van der Waals surface area contributed by atoms with Crippen LogP contribution in [0.25, 0.3) is 0 Å². The molecular formula is C11H13FN2O. The largest absolute Gasteiger partial charge is 0.392 e. The van der Waals surface area contributed by atoms with Crippen LogP contribution < -0.4 is 4.90 Å². The van der Waals surface area contributed by atoms with Crippen molar-refractivity contribution < 1.29 is 9.50 Å². The second-order valence-corrected chi connectivity index (χ2v) is 2.98. The summed E-state index contributed by atoms with van der Waals surface area (Å²) in [6, 6.07) is 1.45. The van der Waals surface area contributed by atoms with Gasteiger partial charge in [0, 0.05) is 18.3 Å². The Morgan fingerprint density at radius 3 is 2.93 bits per heavy atom. The first-order chi connectivity index (χ1) is 7.24. The minimum atomic E-state index is -0.503. The van der Waals surface area contributed by atoms with Crippen molar-refractivity contribution in [2.24, 2.45) is 0 Å². The van der Waals surface area contributed by atoms with Crippen molar-refractivity contribution in [2.45, 2.75) is 13.5 Å². The van der Waals surface area contributed by atoms with Gasteiger partial charge in [-0.25, -0.2) is 9.37 Å². The maximum Gasteiger partial charge on any atom is 0.171 e. The predicted molar refractivity (Wildman–Crippen MR) is 56.8 cm³/mol. The number of aromatic nitrogens is 1. The van der Waals surface area contributed by atoms with Gasteiger partial charge in [0.2, 0.25) is 0 Å². The number of terminal acetylenes is 1. The van der Waals surface area contributed by atoms with Gasteiger partial charge in [0.15, 0.2) is 11.6 Å². The molecule has 1 aromatic heterocycles. The monoisotopic (exact) mass is 208 g/mol. The van der Waals surface area contributed by atoms with E-state index in [4.69, 9.17) is 11.5 Å². The molecule has 1 heterocycles. The highest BCUT2D eigenvalue weighted by molar-refractivity contribution is 5.43. The molecule has 0 aliphatic carbocycles. The Balaban J connectivity index is 3.07. The molecule has 1 N–H and O–H groups in total. The summed E-state index contributed by atoms with van der Waals surface area (Å²) < 4.78 is 13.7. The molecule has 4 heteroatoms. The fourth-order valence-corrected chi connectivity index (χ4v) is 1.26. The fourth-order valence-electron chi connectivity index (χ4n) is 1.26. The van der Waals surface area contributed by atoms with E-state index < -0.39 is 5.82 Å². The normalized spacial score (nSPS) is 9.73. The Labute approximate surface area is 88.6 Å². The Morgan fingerprint density at radius 2 is 2.40 bits per heavy atom. The number of anilines is 1. The maximum absolute atomic E-state index is 13.7. The Kier molecular flexibility index (Phi) is 4.07. The van der Waals surface area contributed by atoms with Gasteiger partial charge < -0.3 is 10.0 Å². The van der Waals surface area contributed by atoms with Crippen LogP contribution in [0, 0.1) is 18.2 Å². The number of aliphatic hydroxyl groups excluding tert-OH is 1. The lowest BCUT2D eigenvalue weighted by molar-refractivity contribution is 0.275. The van der Waals surface area contributed by atoms with Crippen LogP contribution in [0.15, 0.2) is 12.3 Å². The minimum absolute atomic E-state index is 0.196. The summed E-state index contributed by atoms with van der Waals surface area (Å²) in [5, 5.41) is 8.90. The molecule has 0 saturated heterocycles. The molecule has 0 fully saturated rings. The number of hydrogen-bond acceptors (Lipinski definition) is 3. The van der Waals surface area contributed by atoms with Gasteiger partial charge in [-0.15, -0.1) is 6.42 Å². The lowest BCUT2D eigenvalue weighted by atomic mass is 10.2. The number of halogens is 1. The van der Waals surface area contributed by atoms with Crippen LogP contribution in [0.1, 0.15) is 12.5 Å². The van der Waals surface area contributed by atoms with Crippen molar-refractivity contribution in [1.29, 1.82) is 0 Å². The van der Waals surface area contributed by atoms with Gasteiger partial charge in [-0.3, -0.25) is 0 Å². The molecule has 0 radical (unpaired) electrons. The lowest BCUT2D eigenvalue weighted by Crippen LogP contribution is -2.25. The number of aliphatic hydroxyl groups is 1. The Hall–Kier alpha value is -1.60. The molecule has 0 spiro atoms. The molecular weight excluding hydrogens is 195 g/mol. The topological polar surface area (TPSA) is 36.4 Å². The van der Waals surface area contributed by atoms with E-state index >= 15 is 0 Å². The standard InChI is InChI=1S/C11H13FN2O/c1-3-7-14(4-2)11-10(12)9(8-15)5-6-13-11/h1,5-6,15H,4,7-8H2,2H3. The minimum Gasteiger partial charge on any atom is -0.392 e. The number of pyridine rings is 1. The summed E-state index contributed by atoms with van der Waals surface area (Å²) in [5.41, 5.74) is 0.232. The van der Waals surface area contributed by atoms with E-state index in [1.807, 2.05) is 6.92 Å². The van der Waals surface area contributed by atoms with Gasteiger partial charge in [-0.1, -0.05) is 5.92 Å². The molecule has 0 aromatic carbocycles. The quantitative estimate of drug-likeness (QED) is 0.755. The molecule has 0 aliphatic rings. The van der Waals surface area contributed by atoms with Gasteiger partial charge in [-0.05, 0) is 13.0 Å². The van der Waals surface area contributed by atoms with Crippen molar-refractivity contribution in [3.8, 4) is 12.3 Å². The third kappa shape index (κ3) is 2.45. The van der Waals surface area contributed by atoms with E-state index in [1.165, 1.54) is 12.3 Å². The summed E-state index contributed by atoms with van der Waals surface area (Å²) >= 11 is 0. The fraction of sp³-hybridized carbons (Fsp3) is 0.364. The third-order valence-electron chi connectivity index (χ3n) is 2.08. The van der Waals surface area contributed by atoms with Gasteiger partial charge in [-0.2, -0.15) is 0 Å². The zero-order valence-corrected chi connectivity index (χ0v) is 8.57. The van der Waals surface area contributed by atoms with Gasteiger partial charge in [0.25, 0.3) is 0 Å². The Morgan fingerprint density at radius 1 is 1.67 bits per heavy atom. The van der Waals surface area contributed by atoms with Gasteiger partial charge >= 0.3 is 0 Å². The van der Waals surface area contributed by atoms with Gasteiger partial charge in [0.1, 0.15) is 0 Å². The van der Waals surface area contributed by atoms with E-state index in [0.29, 0.717) is 13.1 Å². The Bertz CT molecular complexity index is 373. The first-order valence-electron chi connectivity index (χ1n) is 4.67. The molecule has 0 unspecified atom stereocenters. The number of rotatable bonds is 4. The predicted octanol–water partition coefficient (Wildman–Crippen LogP) is 1.17. The molecule has 1 rings (SSSR count). The zero-order chi connectivity index (χ0) is 11.3. The number of nitrogens with zero attached hydrogens (tertiary/aromatic N) is 2. The summed E-state index contributed by atoms with van der Waals surface area (Å²) in [6.07, 6.45) is 6.63. The van der Waals surface area contributed by atoms with E-state index in [2.05, 4.69) is 10.9 Å². The van der Waals surface area contributed by atoms with E-state index in [1.54, 1.807) is 4.90 Å². The second kappa shape index (κ2) is 5.32. The van der Waals surface area contributed by atoms with Crippen LogP contribution in [0.2, 0.25) is 0 Å². The smallest absolute Gasteiger partial charge is 0.171 e. The van der Waals surface area contributed by atoms with Crippen molar-refractivity contribution >= 4 is 5.82 Å². The highest BCUT2D eigenvalue weighted by Crippen LogP contribution is 2.18. The van der Waals surface area contributed by atoms with E-state index in [0.717, 1.165) is 0 Å². The maximum atomic E-state index is 13.7. The van der Waals surface area contributed by atoms with Crippen molar-refractivity contribution in [2.75, 3.05) is 18.0 Å². The summed E-state index contributed by atoms with van der Waals surface area (Å²) in [4.78, 5) is 5.55. The highest BCUT2D eigenvalue weighted by atomic mass is 19.1. The first kappa shape index (κ1) is 11.5. The van der Waals surface area contributed by atoms with E-state index in [-0.39, 0.29) is 18.0 Å². The second-order valence-electron chi connectivity index (χ2n) is 2.98. The average Bonchev–Trinajstić information content (AvgIpc) is 2.27. The van der Waals surface area contributed by atoms with Crippen LogP contribution in [-0.2, 0) is 6.61 Å². The molecule has 0 amide bonds. The van der Waals surface area contributed by atoms with Crippen LogP contribution in [0.3, 0.4) is 0 Å². The molecule has 0 bridgehead atoms. The summed E-state index contributed by atoms with van der Waals surface area (Å²) in [5.74, 6) is 2.13. The van der Waals surface area contributed by atoms with Crippen LogP contribution in [-0.4, -0.2) is 23.2 Å². The van der Waals surface area contributed by atoms with Crippen LogP contribution in [0.4, 0.5) is 10.2 Å². The highest BCUT2D eigenvalue weighted by Gasteiger charge is 2.13. The number of hydrogen-bond donors (Lipinski definition) is 1. The molecule has 1 aromatic rings. The SMILES string of the molecule is C#CCN(CC)c1nccc(CO)c1F. The molecule has 0 saturated carbocycles.